The van der Waals surface area contributed by atoms with Crippen molar-refractivity contribution >= 4 is 16.3 Å². The minimum Gasteiger partial charge on any atom is -0.372 e. The molecule has 1 aromatic heterocycles. The molecule has 1 saturated heterocycles. The van der Waals surface area contributed by atoms with Crippen LogP contribution in [0.25, 0.3) is 0 Å². The summed E-state index contributed by atoms with van der Waals surface area (Å²) in [6, 6.07) is 4.38. The van der Waals surface area contributed by atoms with Gasteiger partial charge in [-0.15, -0.1) is 11.3 Å². The van der Waals surface area contributed by atoms with E-state index in [2.05, 4.69) is 49.4 Å². The highest BCUT2D eigenvalue weighted by Gasteiger charge is 2.21. The van der Waals surface area contributed by atoms with Crippen molar-refractivity contribution in [1.29, 1.82) is 0 Å². The van der Waals surface area contributed by atoms with Crippen molar-refractivity contribution in [2.45, 2.75) is 46.5 Å². The highest BCUT2D eigenvalue weighted by molar-refractivity contribution is 7.16. The van der Waals surface area contributed by atoms with E-state index >= 15 is 0 Å². The predicted octanol–water partition coefficient (Wildman–Crippen LogP) is 5.56. The van der Waals surface area contributed by atoms with Crippen LogP contribution in [0.15, 0.2) is 48.8 Å². The second kappa shape index (κ2) is 11.2. The quantitative estimate of drug-likeness (QED) is 0.624. The highest BCUT2D eigenvalue weighted by atomic mass is 32.1. The SMILES string of the molecule is C=C(Nc1ccc(C(C)C)s1)C1CCN(C(=C)/C=C/CN)CC1.CC. The third kappa shape index (κ3) is 6.71. The summed E-state index contributed by atoms with van der Waals surface area (Å²) >= 11 is 1.83. The van der Waals surface area contributed by atoms with E-state index in [0.29, 0.717) is 18.4 Å². The first-order chi connectivity index (χ1) is 12.0. The van der Waals surface area contributed by atoms with Gasteiger partial charge in [-0.3, -0.25) is 0 Å². The maximum Gasteiger partial charge on any atom is 0.0926 e. The smallest absolute Gasteiger partial charge is 0.0926 e. The largest absolute Gasteiger partial charge is 0.372 e. The van der Waals surface area contributed by atoms with E-state index in [-0.39, 0.29) is 0 Å². The van der Waals surface area contributed by atoms with Crippen molar-refractivity contribution in [1.82, 2.24) is 4.90 Å². The van der Waals surface area contributed by atoms with Gasteiger partial charge in [0.2, 0.25) is 0 Å². The Morgan fingerprint density at radius 1 is 1.32 bits per heavy atom. The van der Waals surface area contributed by atoms with Crippen LogP contribution in [-0.4, -0.2) is 24.5 Å². The van der Waals surface area contributed by atoms with E-state index in [1.54, 1.807) is 0 Å². The number of nitrogens with one attached hydrogen (secondary N) is 1. The first-order valence-electron chi connectivity index (χ1n) is 9.37. The fraction of sp³-hybridized carbons (Fsp3) is 0.524. The number of nitrogens with zero attached hydrogens (tertiary/aromatic N) is 1. The Labute approximate surface area is 158 Å². The molecule has 1 aliphatic rings. The van der Waals surface area contributed by atoms with E-state index in [9.17, 15) is 0 Å². The number of anilines is 1. The molecule has 0 aliphatic carbocycles. The second-order valence-corrected chi connectivity index (χ2v) is 7.51. The minimum atomic E-state index is 0.530. The van der Waals surface area contributed by atoms with Gasteiger partial charge < -0.3 is 16.0 Å². The lowest BCUT2D eigenvalue weighted by Crippen LogP contribution is -2.33. The number of likely N-dealkylation sites (tertiary alicyclic amines) is 1. The van der Waals surface area contributed by atoms with Crippen molar-refractivity contribution in [3.8, 4) is 0 Å². The Hall–Kier alpha value is -1.52. The number of nitrogens with two attached hydrogens (primary N) is 1. The standard InChI is InChI=1S/C19H29N3S.C2H6/c1-14(2)18-7-8-19(23-18)21-16(4)17-9-12-22(13-10-17)15(3)6-5-11-20;1-2/h5-8,14,17,21H,3-4,9-13,20H2,1-2H3;1-2H3/b6-5+;. The lowest BCUT2D eigenvalue weighted by atomic mass is 9.93. The molecule has 1 fully saturated rings. The average Bonchev–Trinajstić information content (AvgIpc) is 3.10. The molecule has 0 atom stereocenters. The van der Waals surface area contributed by atoms with Crippen LogP contribution in [-0.2, 0) is 0 Å². The first kappa shape index (κ1) is 21.5. The van der Waals surface area contributed by atoms with Gasteiger partial charge in [0.25, 0.3) is 0 Å². The van der Waals surface area contributed by atoms with Crippen LogP contribution in [0.5, 0.6) is 0 Å². The first-order valence-corrected chi connectivity index (χ1v) is 10.2. The lowest BCUT2D eigenvalue weighted by Gasteiger charge is -2.34. The van der Waals surface area contributed by atoms with Gasteiger partial charge in [0.05, 0.1) is 5.00 Å². The van der Waals surface area contributed by atoms with E-state index in [0.717, 1.165) is 37.3 Å². The average molecular weight is 362 g/mol. The monoisotopic (exact) mass is 361 g/mol. The number of piperidine rings is 1. The van der Waals surface area contributed by atoms with Crippen molar-refractivity contribution < 1.29 is 0 Å². The molecule has 0 aromatic carbocycles. The predicted molar refractivity (Wildman–Crippen MR) is 114 cm³/mol. The molecule has 25 heavy (non-hydrogen) atoms. The van der Waals surface area contributed by atoms with Gasteiger partial charge in [0.15, 0.2) is 0 Å². The maximum absolute atomic E-state index is 5.50. The molecule has 1 aromatic rings. The Morgan fingerprint density at radius 3 is 2.48 bits per heavy atom. The molecule has 0 amide bonds. The van der Waals surface area contributed by atoms with Crippen LogP contribution < -0.4 is 11.1 Å². The van der Waals surface area contributed by atoms with Gasteiger partial charge in [-0.25, -0.2) is 0 Å². The van der Waals surface area contributed by atoms with Crippen LogP contribution >= 0.6 is 11.3 Å². The zero-order chi connectivity index (χ0) is 18.8. The Kier molecular flexibility index (Phi) is 9.61. The summed E-state index contributed by atoms with van der Waals surface area (Å²) in [5.74, 6) is 1.11. The molecule has 0 spiro atoms. The number of hydrogen-bond acceptors (Lipinski definition) is 4. The third-order valence-corrected chi connectivity index (χ3v) is 5.62. The normalized spacial score (nSPS) is 15.2. The molecule has 3 nitrogen and oxygen atoms in total. The molecular formula is C21H35N3S. The van der Waals surface area contributed by atoms with Crippen molar-refractivity contribution in [2.75, 3.05) is 25.0 Å². The highest BCUT2D eigenvalue weighted by Crippen LogP contribution is 2.32. The summed E-state index contributed by atoms with van der Waals surface area (Å²) < 4.78 is 0. The van der Waals surface area contributed by atoms with Crippen molar-refractivity contribution in [3.63, 3.8) is 0 Å². The number of rotatable bonds is 7. The summed E-state index contributed by atoms with van der Waals surface area (Å²) in [4.78, 5) is 3.75. The van der Waals surface area contributed by atoms with Gasteiger partial charge in [-0.1, -0.05) is 46.9 Å². The number of thiophene rings is 1. The van der Waals surface area contributed by atoms with Gasteiger partial charge in [0.1, 0.15) is 0 Å². The van der Waals surface area contributed by atoms with Crippen LogP contribution in [0.4, 0.5) is 5.00 Å². The molecular weight excluding hydrogens is 326 g/mol. The zero-order valence-electron chi connectivity index (χ0n) is 16.3. The Bertz CT molecular complexity index is 563. The van der Waals surface area contributed by atoms with E-state index in [4.69, 9.17) is 5.73 Å². The molecule has 3 N–H and O–H groups in total. The molecule has 0 unspecified atom stereocenters. The molecule has 0 bridgehead atoms. The van der Waals surface area contributed by atoms with Crippen LogP contribution in [0.1, 0.15) is 51.3 Å². The molecule has 0 radical (unpaired) electrons. The molecule has 2 heterocycles. The van der Waals surface area contributed by atoms with Crippen molar-refractivity contribution in [2.24, 2.45) is 11.7 Å². The number of allylic oxidation sites excluding steroid dienone is 2. The summed E-state index contributed by atoms with van der Waals surface area (Å²) in [6.07, 6.45) is 6.21. The van der Waals surface area contributed by atoms with Gasteiger partial charge in [-0.2, -0.15) is 0 Å². The van der Waals surface area contributed by atoms with E-state index < -0.39 is 0 Å². The molecule has 4 heteroatoms. The van der Waals surface area contributed by atoms with Crippen LogP contribution in [0, 0.1) is 5.92 Å². The van der Waals surface area contributed by atoms with Crippen LogP contribution in [0.2, 0.25) is 0 Å². The topological polar surface area (TPSA) is 41.3 Å². The fourth-order valence-electron chi connectivity index (χ4n) is 2.82. The Morgan fingerprint density at radius 2 is 1.96 bits per heavy atom. The number of hydrogen-bond donors (Lipinski definition) is 2. The minimum absolute atomic E-state index is 0.530. The molecule has 2 rings (SSSR count). The van der Waals surface area contributed by atoms with Gasteiger partial charge >= 0.3 is 0 Å². The van der Waals surface area contributed by atoms with Crippen molar-refractivity contribution in [3.05, 3.63) is 53.7 Å². The molecule has 0 saturated carbocycles. The molecule has 1 aliphatic heterocycles. The van der Waals surface area contributed by atoms with E-state index in [1.807, 2.05) is 37.3 Å². The van der Waals surface area contributed by atoms with E-state index in [1.165, 1.54) is 9.88 Å². The fourth-order valence-corrected chi connectivity index (χ4v) is 3.76. The maximum atomic E-state index is 5.50. The summed E-state index contributed by atoms with van der Waals surface area (Å²) in [5.41, 5.74) is 7.70. The summed E-state index contributed by atoms with van der Waals surface area (Å²) in [7, 11) is 0. The Balaban J connectivity index is 0.00000151. The summed E-state index contributed by atoms with van der Waals surface area (Å²) in [6.45, 7) is 19.5. The van der Waals surface area contributed by atoms with Gasteiger partial charge in [-0.05, 0) is 37.0 Å². The lowest BCUT2D eigenvalue weighted by molar-refractivity contribution is 0.253. The molecule has 140 valence electrons. The van der Waals surface area contributed by atoms with Gasteiger partial charge in [0, 0.05) is 41.8 Å². The third-order valence-electron chi connectivity index (χ3n) is 4.32. The zero-order valence-corrected chi connectivity index (χ0v) is 17.2. The van der Waals surface area contributed by atoms with Crippen LogP contribution in [0.3, 0.4) is 0 Å². The summed E-state index contributed by atoms with van der Waals surface area (Å²) in [5, 5.41) is 4.72. The second-order valence-electron chi connectivity index (χ2n) is 6.40.